The average molecular weight is 262 g/mol. The Morgan fingerprint density at radius 3 is 2.89 bits per heavy atom. The van der Waals surface area contributed by atoms with Gasteiger partial charge in [0.25, 0.3) is 0 Å². The van der Waals surface area contributed by atoms with Crippen molar-refractivity contribution in [1.82, 2.24) is 9.97 Å². The quantitative estimate of drug-likeness (QED) is 0.777. The zero-order chi connectivity index (χ0) is 13.2. The topological polar surface area (TPSA) is 61.3 Å². The van der Waals surface area contributed by atoms with Crippen molar-refractivity contribution in [3.8, 4) is 0 Å². The predicted octanol–water partition coefficient (Wildman–Crippen LogP) is 2.03. The standard InChI is InChI=1S/C14H18N2O3/c1-2-19-14(17)11-7-15-13(10-5-6-18-8-10)16-12(11)9-3-4-9/h7,9-10H,2-6,8H2,1H3. The van der Waals surface area contributed by atoms with Crippen molar-refractivity contribution < 1.29 is 14.3 Å². The Balaban J connectivity index is 1.90. The molecule has 1 saturated heterocycles. The lowest BCUT2D eigenvalue weighted by Gasteiger charge is -2.11. The van der Waals surface area contributed by atoms with Gasteiger partial charge in [-0.1, -0.05) is 0 Å². The monoisotopic (exact) mass is 262 g/mol. The number of hydrogen-bond acceptors (Lipinski definition) is 5. The molecule has 1 aromatic rings. The van der Waals surface area contributed by atoms with Crippen LogP contribution in [-0.4, -0.2) is 35.8 Å². The molecule has 0 amide bonds. The van der Waals surface area contributed by atoms with E-state index in [1.54, 1.807) is 13.1 Å². The Morgan fingerprint density at radius 1 is 1.42 bits per heavy atom. The van der Waals surface area contributed by atoms with Crippen LogP contribution in [0.15, 0.2) is 6.20 Å². The molecule has 0 spiro atoms. The van der Waals surface area contributed by atoms with E-state index in [0.29, 0.717) is 24.7 Å². The van der Waals surface area contributed by atoms with Gasteiger partial charge in [0.05, 0.1) is 24.5 Å². The molecule has 2 heterocycles. The summed E-state index contributed by atoms with van der Waals surface area (Å²) in [5, 5.41) is 0. The third kappa shape index (κ3) is 2.61. The van der Waals surface area contributed by atoms with Gasteiger partial charge >= 0.3 is 5.97 Å². The first-order valence-corrected chi connectivity index (χ1v) is 6.91. The van der Waals surface area contributed by atoms with Gasteiger partial charge in [-0.15, -0.1) is 0 Å². The molecule has 1 aliphatic carbocycles. The summed E-state index contributed by atoms with van der Waals surface area (Å²) < 4.78 is 10.4. The normalized spacial score (nSPS) is 22.5. The lowest BCUT2D eigenvalue weighted by molar-refractivity contribution is 0.0523. The third-order valence-electron chi connectivity index (χ3n) is 3.59. The van der Waals surface area contributed by atoms with E-state index >= 15 is 0 Å². The molecule has 3 rings (SSSR count). The van der Waals surface area contributed by atoms with Crippen LogP contribution in [0.5, 0.6) is 0 Å². The summed E-state index contributed by atoms with van der Waals surface area (Å²) in [4.78, 5) is 20.9. The Kier molecular flexibility index (Phi) is 3.46. The molecule has 1 aromatic heterocycles. The Labute approximate surface area is 112 Å². The number of ether oxygens (including phenoxy) is 2. The van der Waals surface area contributed by atoms with E-state index in [-0.39, 0.29) is 11.9 Å². The molecule has 102 valence electrons. The van der Waals surface area contributed by atoms with Crippen molar-refractivity contribution in [2.75, 3.05) is 19.8 Å². The van der Waals surface area contributed by atoms with Crippen LogP contribution < -0.4 is 0 Å². The van der Waals surface area contributed by atoms with Crippen LogP contribution in [0.25, 0.3) is 0 Å². The van der Waals surface area contributed by atoms with E-state index in [4.69, 9.17) is 9.47 Å². The van der Waals surface area contributed by atoms with Crippen molar-refractivity contribution in [2.45, 2.75) is 38.0 Å². The van der Waals surface area contributed by atoms with E-state index in [2.05, 4.69) is 9.97 Å². The van der Waals surface area contributed by atoms with Gasteiger partial charge in [0.15, 0.2) is 0 Å². The molecule has 2 aliphatic rings. The third-order valence-corrected chi connectivity index (χ3v) is 3.59. The summed E-state index contributed by atoms with van der Waals surface area (Å²) in [5.41, 5.74) is 1.40. The van der Waals surface area contributed by atoms with Gasteiger partial charge in [0.2, 0.25) is 0 Å². The highest BCUT2D eigenvalue weighted by molar-refractivity contribution is 5.90. The highest BCUT2D eigenvalue weighted by Gasteiger charge is 2.32. The fourth-order valence-corrected chi connectivity index (χ4v) is 2.38. The van der Waals surface area contributed by atoms with E-state index in [1.165, 1.54) is 0 Å². The Morgan fingerprint density at radius 2 is 2.26 bits per heavy atom. The first-order valence-electron chi connectivity index (χ1n) is 6.91. The lowest BCUT2D eigenvalue weighted by Crippen LogP contribution is -2.13. The molecule has 0 N–H and O–H groups in total. The molecule has 1 atom stereocenters. The van der Waals surface area contributed by atoms with Gasteiger partial charge < -0.3 is 9.47 Å². The molecule has 0 radical (unpaired) electrons. The SMILES string of the molecule is CCOC(=O)c1cnc(C2CCOC2)nc1C1CC1. The lowest BCUT2D eigenvalue weighted by atomic mass is 10.1. The summed E-state index contributed by atoms with van der Waals surface area (Å²) in [5.74, 6) is 1.18. The maximum absolute atomic E-state index is 11.9. The van der Waals surface area contributed by atoms with Crippen LogP contribution in [0.3, 0.4) is 0 Å². The summed E-state index contributed by atoms with van der Waals surface area (Å²) in [6, 6.07) is 0. The highest BCUT2D eigenvalue weighted by Crippen LogP contribution is 2.41. The van der Waals surface area contributed by atoms with E-state index in [0.717, 1.165) is 37.4 Å². The maximum atomic E-state index is 11.9. The van der Waals surface area contributed by atoms with E-state index in [1.807, 2.05) is 0 Å². The smallest absolute Gasteiger partial charge is 0.341 e. The van der Waals surface area contributed by atoms with Crippen molar-refractivity contribution >= 4 is 5.97 Å². The van der Waals surface area contributed by atoms with Crippen LogP contribution in [0.4, 0.5) is 0 Å². The zero-order valence-corrected chi connectivity index (χ0v) is 11.1. The van der Waals surface area contributed by atoms with Crippen molar-refractivity contribution in [3.63, 3.8) is 0 Å². The number of esters is 1. The maximum Gasteiger partial charge on any atom is 0.341 e. The van der Waals surface area contributed by atoms with Crippen LogP contribution >= 0.6 is 0 Å². The number of carbonyl (C=O) groups is 1. The minimum Gasteiger partial charge on any atom is -0.462 e. The largest absolute Gasteiger partial charge is 0.462 e. The molecule has 1 aliphatic heterocycles. The van der Waals surface area contributed by atoms with Gasteiger partial charge in [-0.25, -0.2) is 14.8 Å². The summed E-state index contributed by atoms with van der Waals surface area (Å²) in [6.07, 6.45) is 4.79. The summed E-state index contributed by atoms with van der Waals surface area (Å²) in [6.45, 7) is 3.64. The summed E-state index contributed by atoms with van der Waals surface area (Å²) >= 11 is 0. The van der Waals surface area contributed by atoms with E-state index < -0.39 is 0 Å². The molecule has 1 saturated carbocycles. The van der Waals surface area contributed by atoms with Crippen LogP contribution in [0.2, 0.25) is 0 Å². The van der Waals surface area contributed by atoms with Crippen molar-refractivity contribution in [2.24, 2.45) is 0 Å². The predicted molar refractivity (Wildman–Crippen MR) is 68.1 cm³/mol. The fraction of sp³-hybridized carbons (Fsp3) is 0.643. The molecular weight excluding hydrogens is 244 g/mol. The average Bonchev–Trinajstić information content (AvgIpc) is 3.13. The van der Waals surface area contributed by atoms with Gasteiger partial charge in [0.1, 0.15) is 5.82 Å². The zero-order valence-electron chi connectivity index (χ0n) is 11.1. The van der Waals surface area contributed by atoms with Gasteiger partial charge in [-0.3, -0.25) is 0 Å². The molecule has 0 bridgehead atoms. The van der Waals surface area contributed by atoms with Gasteiger partial charge in [-0.05, 0) is 26.2 Å². The fourth-order valence-electron chi connectivity index (χ4n) is 2.38. The molecule has 19 heavy (non-hydrogen) atoms. The minimum absolute atomic E-state index is 0.272. The highest BCUT2D eigenvalue weighted by atomic mass is 16.5. The number of carbonyl (C=O) groups excluding carboxylic acids is 1. The van der Waals surface area contributed by atoms with Crippen molar-refractivity contribution in [1.29, 1.82) is 0 Å². The summed E-state index contributed by atoms with van der Waals surface area (Å²) in [7, 11) is 0. The Bertz CT molecular complexity index is 480. The molecule has 5 heteroatoms. The van der Waals surface area contributed by atoms with Gasteiger partial charge in [-0.2, -0.15) is 0 Å². The number of rotatable bonds is 4. The Hall–Kier alpha value is -1.49. The second-order valence-electron chi connectivity index (χ2n) is 5.08. The molecule has 1 unspecified atom stereocenters. The second kappa shape index (κ2) is 5.25. The second-order valence-corrected chi connectivity index (χ2v) is 5.08. The molecular formula is C14H18N2O3. The molecule has 0 aromatic carbocycles. The number of nitrogens with zero attached hydrogens (tertiary/aromatic N) is 2. The first-order chi connectivity index (χ1) is 9.29. The van der Waals surface area contributed by atoms with Crippen LogP contribution in [0.1, 0.15) is 59.9 Å². The van der Waals surface area contributed by atoms with Crippen LogP contribution in [0, 0.1) is 0 Å². The van der Waals surface area contributed by atoms with E-state index in [9.17, 15) is 4.79 Å². The van der Waals surface area contributed by atoms with Gasteiger partial charge in [0, 0.05) is 24.6 Å². The van der Waals surface area contributed by atoms with Crippen LogP contribution in [-0.2, 0) is 9.47 Å². The molecule has 2 fully saturated rings. The molecule has 5 nitrogen and oxygen atoms in total. The van der Waals surface area contributed by atoms with Crippen molar-refractivity contribution in [3.05, 3.63) is 23.3 Å². The minimum atomic E-state index is -0.307. The number of hydrogen-bond donors (Lipinski definition) is 0. The first kappa shape index (κ1) is 12.5. The number of aromatic nitrogens is 2.